The van der Waals surface area contributed by atoms with Crippen molar-refractivity contribution in [3.63, 3.8) is 0 Å². The molecule has 0 aromatic heterocycles. The van der Waals surface area contributed by atoms with Crippen molar-refractivity contribution in [1.82, 2.24) is 5.32 Å². The fourth-order valence-corrected chi connectivity index (χ4v) is 3.79. The van der Waals surface area contributed by atoms with Gasteiger partial charge < -0.3 is 10.2 Å². The van der Waals surface area contributed by atoms with Crippen molar-refractivity contribution in [3.05, 3.63) is 27.7 Å². The van der Waals surface area contributed by atoms with Crippen LogP contribution in [0.1, 0.15) is 37.8 Å². The third kappa shape index (κ3) is 3.23. The van der Waals surface area contributed by atoms with Crippen molar-refractivity contribution in [2.75, 3.05) is 11.4 Å². The van der Waals surface area contributed by atoms with Gasteiger partial charge in [-0.25, -0.2) is 0 Å². The summed E-state index contributed by atoms with van der Waals surface area (Å²) in [5.74, 6) is 0.192. The van der Waals surface area contributed by atoms with Crippen molar-refractivity contribution in [2.45, 2.75) is 52.6 Å². The molecule has 4 heteroatoms. The summed E-state index contributed by atoms with van der Waals surface area (Å²) in [6.07, 6.45) is 1.96. The van der Waals surface area contributed by atoms with Crippen LogP contribution in [0.15, 0.2) is 16.6 Å². The highest BCUT2D eigenvalue weighted by Crippen LogP contribution is 2.33. The van der Waals surface area contributed by atoms with Crippen LogP contribution in [-0.4, -0.2) is 24.5 Å². The molecule has 1 atom stereocenters. The summed E-state index contributed by atoms with van der Waals surface area (Å²) < 4.78 is 1.01. The zero-order chi connectivity index (χ0) is 14.9. The molecule has 1 aromatic carbocycles. The Labute approximate surface area is 129 Å². The van der Waals surface area contributed by atoms with Gasteiger partial charge >= 0.3 is 0 Å². The molecule has 2 rings (SSSR count). The lowest BCUT2D eigenvalue weighted by molar-refractivity contribution is -0.122. The maximum atomic E-state index is 12.7. The molecule has 1 unspecified atom stereocenters. The zero-order valence-electron chi connectivity index (χ0n) is 12.7. The Morgan fingerprint density at radius 2 is 2.05 bits per heavy atom. The van der Waals surface area contributed by atoms with Gasteiger partial charge in [0, 0.05) is 17.1 Å². The highest BCUT2D eigenvalue weighted by atomic mass is 79.9. The number of rotatable bonds is 3. The lowest BCUT2D eigenvalue weighted by Crippen LogP contribution is -2.52. The van der Waals surface area contributed by atoms with Crippen LogP contribution in [0.2, 0.25) is 0 Å². The van der Waals surface area contributed by atoms with E-state index in [1.165, 1.54) is 5.56 Å². The summed E-state index contributed by atoms with van der Waals surface area (Å²) in [5.41, 5.74) is 3.38. The summed E-state index contributed by atoms with van der Waals surface area (Å²) >= 11 is 3.62. The number of nitrogens with one attached hydrogen (secondary N) is 1. The van der Waals surface area contributed by atoms with E-state index in [-0.39, 0.29) is 11.9 Å². The van der Waals surface area contributed by atoms with Crippen LogP contribution in [0.5, 0.6) is 0 Å². The van der Waals surface area contributed by atoms with Gasteiger partial charge in [0.1, 0.15) is 0 Å². The Morgan fingerprint density at radius 1 is 1.35 bits per heavy atom. The molecule has 20 heavy (non-hydrogen) atoms. The van der Waals surface area contributed by atoms with E-state index in [1.807, 2.05) is 4.90 Å². The smallest absolute Gasteiger partial charge is 0.244 e. The molecule has 1 saturated heterocycles. The summed E-state index contributed by atoms with van der Waals surface area (Å²) in [5, 5.41) is 3.37. The minimum absolute atomic E-state index is 0.0589. The van der Waals surface area contributed by atoms with Crippen molar-refractivity contribution in [2.24, 2.45) is 0 Å². The standard InChI is InChI=1S/C16H23BrN2O/c1-10(2)18-14-6-5-7-19(16(14)20)15-12(4)8-11(3)9-13(15)17/h8-10,14,18H,5-7H2,1-4H3. The largest absolute Gasteiger partial charge is 0.310 e. The van der Waals surface area contributed by atoms with E-state index in [4.69, 9.17) is 0 Å². The van der Waals surface area contributed by atoms with Crippen LogP contribution >= 0.6 is 15.9 Å². The van der Waals surface area contributed by atoms with E-state index in [0.29, 0.717) is 6.04 Å². The van der Waals surface area contributed by atoms with Gasteiger partial charge in [-0.2, -0.15) is 0 Å². The second-order valence-corrected chi connectivity index (χ2v) is 6.77. The predicted octanol–water partition coefficient (Wildman–Crippen LogP) is 3.56. The predicted molar refractivity (Wildman–Crippen MR) is 87.3 cm³/mol. The molecular weight excluding hydrogens is 316 g/mol. The second-order valence-electron chi connectivity index (χ2n) is 5.92. The molecule has 1 fully saturated rings. The number of benzene rings is 1. The molecule has 0 bridgehead atoms. The van der Waals surface area contributed by atoms with Gasteiger partial charge in [0.2, 0.25) is 5.91 Å². The Hall–Kier alpha value is -0.870. The van der Waals surface area contributed by atoms with Crippen LogP contribution < -0.4 is 10.2 Å². The number of aryl methyl sites for hydroxylation is 2. The van der Waals surface area contributed by atoms with E-state index >= 15 is 0 Å². The second kappa shape index (κ2) is 6.27. The SMILES string of the molecule is Cc1cc(C)c(N2CCCC(NC(C)C)C2=O)c(Br)c1. The number of carbonyl (C=O) groups is 1. The third-order valence-electron chi connectivity index (χ3n) is 3.64. The van der Waals surface area contributed by atoms with E-state index < -0.39 is 0 Å². The number of halogens is 1. The van der Waals surface area contributed by atoms with Crippen LogP contribution in [0.25, 0.3) is 0 Å². The zero-order valence-corrected chi connectivity index (χ0v) is 14.3. The fourth-order valence-electron chi connectivity index (χ4n) is 2.90. The number of amides is 1. The lowest BCUT2D eigenvalue weighted by Gasteiger charge is -2.35. The third-order valence-corrected chi connectivity index (χ3v) is 4.25. The number of carbonyl (C=O) groups excluding carboxylic acids is 1. The number of nitrogens with zero attached hydrogens (tertiary/aromatic N) is 1. The van der Waals surface area contributed by atoms with Crippen molar-refractivity contribution >= 4 is 27.5 Å². The Kier molecular flexibility index (Phi) is 4.86. The van der Waals surface area contributed by atoms with Gasteiger partial charge in [0.05, 0.1) is 11.7 Å². The normalized spacial score (nSPS) is 19.8. The number of anilines is 1. The summed E-state index contributed by atoms with van der Waals surface area (Å²) in [6.45, 7) is 9.11. The first kappa shape index (κ1) is 15.5. The Balaban J connectivity index is 2.30. The maximum Gasteiger partial charge on any atom is 0.244 e. The Morgan fingerprint density at radius 3 is 2.65 bits per heavy atom. The summed E-state index contributed by atoms with van der Waals surface area (Å²) in [6, 6.07) is 4.48. The molecule has 0 aliphatic carbocycles. The molecule has 0 radical (unpaired) electrons. The molecule has 3 nitrogen and oxygen atoms in total. The van der Waals surface area contributed by atoms with Gasteiger partial charge in [0.15, 0.2) is 0 Å². The number of hydrogen-bond donors (Lipinski definition) is 1. The fraction of sp³-hybridized carbons (Fsp3) is 0.562. The van der Waals surface area contributed by atoms with Gasteiger partial charge in [-0.05, 0) is 59.8 Å². The van der Waals surface area contributed by atoms with Crippen molar-refractivity contribution < 1.29 is 4.79 Å². The molecule has 1 amide bonds. The summed E-state index contributed by atoms with van der Waals surface area (Å²) in [4.78, 5) is 14.6. The molecule has 110 valence electrons. The van der Waals surface area contributed by atoms with Crippen molar-refractivity contribution in [3.8, 4) is 0 Å². The van der Waals surface area contributed by atoms with E-state index in [2.05, 4.69) is 61.1 Å². The average Bonchev–Trinajstić information content (AvgIpc) is 2.32. The van der Waals surface area contributed by atoms with Gasteiger partial charge in [0.25, 0.3) is 0 Å². The van der Waals surface area contributed by atoms with Gasteiger partial charge in [-0.1, -0.05) is 19.9 Å². The molecule has 0 spiro atoms. The minimum Gasteiger partial charge on any atom is -0.310 e. The minimum atomic E-state index is -0.0589. The monoisotopic (exact) mass is 338 g/mol. The lowest BCUT2D eigenvalue weighted by atomic mass is 10.0. The maximum absolute atomic E-state index is 12.7. The quantitative estimate of drug-likeness (QED) is 0.913. The molecule has 1 aliphatic heterocycles. The molecular formula is C16H23BrN2O. The Bertz CT molecular complexity index is 490. The van der Waals surface area contributed by atoms with Gasteiger partial charge in [-0.3, -0.25) is 4.79 Å². The number of hydrogen-bond acceptors (Lipinski definition) is 2. The topological polar surface area (TPSA) is 32.3 Å². The number of piperidine rings is 1. The van der Waals surface area contributed by atoms with Crippen LogP contribution in [0, 0.1) is 13.8 Å². The molecule has 1 aromatic rings. The molecule has 1 aliphatic rings. The van der Waals surface area contributed by atoms with Crippen LogP contribution in [-0.2, 0) is 4.79 Å². The summed E-state index contributed by atoms with van der Waals surface area (Å²) in [7, 11) is 0. The highest BCUT2D eigenvalue weighted by Gasteiger charge is 2.31. The van der Waals surface area contributed by atoms with E-state index in [9.17, 15) is 4.79 Å². The molecule has 1 heterocycles. The van der Waals surface area contributed by atoms with Gasteiger partial charge in [-0.15, -0.1) is 0 Å². The van der Waals surface area contributed by atoms with Crippen molar-refractivity contribution in [1.29, 1.82) is 0 Å². The highest BCUT2D eigenvalue weighted by molar-refractivity contribution is 9.10. The molecule has 1 N–H and O–H groups in total. The first-order valence-corrected chi connectivity index (χ1v) is 8.03. The van der Waals surface area contributed by atoms with E-state index in [1.54, 1.807) is 0 Å². The first-order chi connectivity index (χ1) is 9.40. The van der Waals surface area contributed by atoms with E-state index in [0.717, 1.165) is 35.1 Å². The van der Waals surface area contributed by atoms with Crippen LogP contribution in [0.4, 0.5) is 5.69 Å². The molecule has 0 saturated carbocycles. The first-order valence-electron chi connectivity index (χ1n) is 7.24. The van der Waals surface area contributed by atoms with Crippen LogP contribution in [0.3, 0.4) is 0 Å². The average molecular weight is 339 g/mol.